The first-order valence-corrected chi connectivity index (χ1v) is 4.75. The molecule has 0 aliphatic carbocycles. The van der Waals surface area contributed by atoms with Crippen LogP contribution in [-0.2, 0) is 4.74 Å². The molecule has 0 spiro atoms. The van der Waals surface area contributed by atoms with Crippen LogP contribution in [0.15, 0.2) is 0 Å². The summed E-state index contributed by atoms with van der Waals surface area (Å²) >= 11 is 0. The summed E-state index contributed by atoms with van der Waals surface area (Å²) in [6, 6.07) is 0. The number of rotatable bonds is 3. The fourth-order valence-electron chi connectivity index (χ4n) is 2.10. The molecule has 3 N–H and O–H groups in total. The second-order valence-electron chi connectivity index (χ2n) is 3.53. The normalized spacial score (nSPS) is 36.8. The minimum atomic E-state index is -0.0556. The molecule has 0 aromatic rings. The van der Waals surface area contributed by atoms with Crippen molar-refractivity contribution in [1.82, 2.24) is 5.32 Å². The van der Waals surface area contributed by atoms with Crippen LogP contribution in [-0.4, -0.2) is 32.3 Å². The van der Waals surface area contributed by atoms with E-state index < -0.39 is 0 Å². The topological polar surface area (TPSA) is 47.3 Å². The van der Waals surface area contributed by atoms with Gasteiger partial charge in [-0.3, -0.25) is 0 Å². The summed E-state index contributed by atoms with van der Waals surface area (Å²) in [4.78, 5) is 0. The number of ether oxygens (including phenoxy) is 1. The summed E-state index contributed by atoms with van der Waals surface area (Å²) < 4.78 is 5.57. The molecular formula is C9H20N2O. The summed E-state index contributed by atoms with van der Waals surface area (Å²) in [5, 5.41) is 3.37. The van der Waals surface area contributed by atoms with Crippen LogP contribution in [0.25, 0.3) is 0 Å². The molecule has 3 heteroatoms. The number of piperidine rings is 1. The van der Waals surface area contributed by atoms with Gasteiger partial charge < -0.3 is 15.8 Å². The molecule has 0 aromatic heterocycles. The van der Waals surface area contributed by atoms with E-state index >= 15 is 0 Å². The number of nitrogens with one attached hydrogen (secondary N) is 1. The Balaban J connectivity index is 2.66. The SMILES string of the molecule is CC[C@H]1CNCC[C@@]1(CN)OC. The van der Waals surface area contributed by atoms with Gasteiger partial charge in [0.2, 0.25) is 0 Å². The van der Waals surface area contributed by atoms with Crippen molar-refractivity contribution in [2.45, 2.75) is 25.4 Å². The van der Waals surface area contributed by atoms with Gasteiger partial charge in [-0.05, 0) is 19.4 Å². The Morgan fingerprint density at radius 2 is 2.42 bits per heavy atom. The molecule has 0 radical (unpaired) electrons. The molecule has 0 bridgehead atoms. The minimum absolute atomic E-state index is 0.0556. The van der Waals surface area contributed by atoms with Crippen molar-refractivity contribution in [1.29, 1.82) is 0 Å². The maximum absolute atomic E-state index is 5.76. The molecule has 12 heavy (non-hydrogen) atoms. The Hall–Kier alpha value is -0.120. The molecule has 0 saturated carbocycles. The summed E-state index contributed by atoms with van der Waals surface area (Å²) in [5.74, 6) is 0.571. The summed E-state index contributed by atoms with van der Waals surface area (Å²) in [6.45, 7) is 4.91. The zero-order valence-corrected chi connectivity index (χ0v) is 8.10. The van der Waals surface area contributed by atoms with E-state index in [1.165, 1.54) is 0 Å². The first-order chi connectivity index (χ1) is 5.79. The first-order valence-electron chi connectivity index (χ1n) is 4.75. The average molecular weight is 172 g/mol. The lowest BCUT2D eigenvalue weighted by Gasteiger charge is -2.42. The van der Waals surface area contributed by atoms with Crippen LogP contribution in [0.1, 0.15) is 19.8 Å². The van der Waals surface area contributed by atoms with E-state index in [-0.39, 0.29) is 5.60 Å². The van der Waals surface area contributed by atoms with Crippen LogP contribution in [0.4, 0.5) is 0 Å². The zero-order chi connectivity index (χ0) is 9.03. The highest BCUT2D eigenvalue weighted by molar-refractivity contribution is 4.93. The van der Waals surface area contributed by atoms with E-state index in [4.69, 9.17) is 10.5 Å². The van der Waals surface area contributed by atoms with E-state index in [2.05, 4.69) is 12.2 Å². The fourth-order valence-corrected chi connectivity index (χ4v) is 2.10. The molecule has 2 atom stereocenters. The summed E-state index contributed by atoms with van der Waals surface area (Å²) in [7, 11) is 1.78. The van der Waals surface area contributed by atoms with E-state index in [9.17, 15) is 0 Å². The van der Waals surface area contributed by atoms with Crippen LogP contribution in [0.2, 0.25) is 0 Å². The summed E-state index contributed by atoms with van der Waals surface area (Å²) in [6.07, 6.45) is 2.18. The maximum Gasteiger partial charge on any atom is 0.0852 e. The number of hydrogen-bond acceptors (Lipinski definition) is 3. The third-order valence-electron chi connectivity index (χ3n) is 3.10. The molecule has 0 unspecified atom stereocenters. The Morgan fingerprint density at radius 3 is 2.83 bits per heavy atom. The van der Waals surface area contributed by atoms with Gasteiger partial charge in [-0.2, -0.15) is 0 Å². The van der Waals surface area contributed by atoms with Crippen LogP contribution in [0, 0.1) is 5.92 Å². The van der Waals surface area contributed by atoms with Crippen molar-refractivity contribution in [3.8, 4) is 0 Å². The average Bonchev–Trinajstić information content (AvgIpc) is 2.17. The Labute approximate surface area is 74.7 Å². The highest BCUT2D eigenvalue weighted by atomic mass is 16.5. The van der Waals surface area contributed by atoms with E-state index in [1.54, 1.807) is 7.11 Å². The molecule has 0 aromatic carbocycles. The molecule has 1 aliphatic heterocycles. The highest BCUT2D eigenvalue weighted by Crippen LogP contribution is 2.29. The molecule has 0 amide bonds. The standard InChI is InChI=1S/C9H20N2O/c1-3-8-6-11-5-4-9(8,7-10)12-2/h8,11H,3-7,10H2,1-2H3/t8-,9-/m0/s1. The lowest BCUT2D eigenvalue weighted by Crippen LogP contribution is -2.55. The van der Waals surface area contributed by atoms with Crippen molar-refractivity contribution in [2.75, 3.05) is 26.7 Å². The van der Waals surface area contributed by atoms with Crippen molar-refractivity contribution < 1.29 is 4.74 Å². The van der Waals surface area contributed by atoms with Crippen molar-refractivity contribution in [2.24, 2.45) is 11.7 Å². The highest BCUT2D eigenvalue weighted by Gasteiger charge is 2.38. The number of nitrogens with two attached hydrogens (primary N) is 1. The number of hydrogen-bond donors (Lipinski definition) is 2. The Bertz CT molecular complexity index is 134. The van der Waals surface area contributed by atoms with Crippen LogP contribution in [0.5, 0.6) is 0 Å². The van der Waals surface area contributed by atoms with Gasteiger partial charge >= 0.3 is 0 Å². The van der Waals surface area contributed by atoms with E-state index in [0.717, 1.165) is 25.9 Å². The fraction of sp³-hybridized carbons (Fsp3) is 1.00. The van der Waals surface area contributed by atoms with Gasteiger partial charge in [-0.25, -0.2) is 0 Å². The molecule has 3 nitrogen and oxygen atoms in total. The van der Waals surface area contributed by atoms with Crippen LogP contribution < -0.4 is 11.1 Å². The quantitative estimate of drug-likeness (QED) is 0.646. The van der Waals surface area contributed by atoms with Crippen molar-refractivity contribution in [3.63, 3.8) is 0 Å². The zero-order valence-electron chi connectivity index (χ0n) is 8.10. The smallest absolute Gasteiger partial charge is 0.0852 e. The maximum atomic E-state index is 5.76. The molecule has 1 saturated heterocycles. The van der Waals surface area contributed by atoms with Crippen molar-refractivity contribution in [3.05, 3.63) is 0 Å². The third-order valence-corrected chi connectivity index (χ3v) is 3.10. The predicted octanol–water partition coefficient (Wildman–Crippen LogP) is 0.350. The Morgan fingerprint density at radius 1 is 1.67 bits per heavy atom. The van der Waals surface area contributed by atoms with Gasteiger partial charge in [-0.1, -0.05) is 6.92 Å². The Kier molecular flexibility index (Phi) is 3.50. The van der Waals surface area contributed by atoms with Gasteiger partial charge in [0.05, 0.1) is 5.60 Å². The molecule has 1 fully saturated rings. The van der Waals surface area contributed by atoms with E-state index in [1.807, 2.05) is 0 Å². The number of methoxy groups -OCH3 is 1. The first kappa shape index (κ1) is 9.96. The predicted molar refractivity (Wildman–Crippen MR) is 50.1 cm³/mol. The van der Waals surface area contributed by atoms with Gasteiger partial charge in [0, 0.05) is 26.1 Å². The minimum Gasteiger partial charge on any atom is -0.377 e. The largest absolute Gasteiger partial charge is 0.377 e. The van der Waals surface area contributed by atoms with E-state index in [0.29, 0.717) is 12.5 Å². The van der Waals surface area contributed by atoms with Gasteiger partial charge in [-0.15, -0.1) is 0 Å². The molecular weight excluding hydrogens is 152 g/mol. The second kappa shape index (κ2) is 4.21. The van der Waals surface area contributed by atoms with Crippen LogP contribution in [0.3, 0.4) is 0 Å². The lowest BCUT2D eigenvalue weighted by atomic mass is 9.80. The third kappa shape index (κ3) is 1.63. The van der Waals surface area contributed by atoms with Gasteiger partial charge in [0.25, 0.3) is 0 Å². The monoisotopic (exact) mass is 172 g/mol. The summed E-state index contributed by atoms with van der Waals surface area (Å²) in [5.41, 5.74) is 5.71. The molecule has 1 heterocycles. The lowest BCUT2D eigenvalue weighted by molar-refractivity contribution is -0.0700. The van der Waals surface area contributed by atoms with Gasteiger partial charge in [0.15, 0.2) is 0 Å². The van der Waals surface area contributed by atoms with Gasteiger partial charge in [0.1, 0.15) is 0 Å². The molecule has 1 aliphatic rings. The van der Waals surface area contributed by atoms with Crippen molar-refractivity contribution >= 4 is 0 Å². The van der Waals surface area contributed by atoms with Crippen LogP contribution >= 0.6 is 0 Å². The molecule has 1 rings (SSSR count). The molecule has 72 valence electrons. The second-order valence-corrected chi connectivity index (χ2v) is 3.53.